The molecule has 22 heavy (non-hydrogen) atoms. The van der Waals surface area contributed by atoms with E-state index in [0.717, 1.165) is 11.3 Å². The topological polar surface area (TPSA) is 57.7 Å². The van der Waals surface area contributed by atoms with Gasteiger partial charge < -0.3 is 4.90 Å². The minimum absolute atomic E-state index is 0.0276. The van der Waals surface area contributed by atoms with Crippen LogP contribution in [0.1, 0.15) is 13.8 Å². The fourth-order valence-electron chi connectivity index (χ4n) is 2.60. The van der Waals surface area contributed by atoms with Crippen molar-refractivity contribution in [3.63, 3.8) is 0 Å². The van der Waals surface area contributed by atoms with E-state index in [1.54, 1.807) is 40.6 Å². The molecule has 0 saturated heterocycles. The predicted molar refractivity (Wildman–Crippen MR) is 87.9 cm³/mol. The van der Waals surface area contributed by atoms with Crippen LogP contribution in [0.2, 0.25) is 0 Å². The first-order chi connectivity index (χ1) is 10.4. The van der Waals surface area contributed by atoms with Crippen molar-refractivity contribution in [1.29, 1.82) is 0 Å². The third-order valence-corrected chi connectivity index (χ3v) is 6.65. The average Bonchev–Trinajstić information content (AvgIpc) is 3.00. The Morgan fingerprint density at radius 3 is 2.36 bits per heavy atom. The van der Waals surface area contributed by atoms with Crippen LogP contribution in [0, 0.1) is 0 Å². The number of anilines is 2. The van der Waals surface area contributed by atoms with Gasteiger partial charge in [0, 0.05) is 6.04 Å². The van der Waals surface area contributed by atoms with Gasteiger partial charge in [-0.05, 0) is 37.4 Å². The fourth-order valence-corrected chi connectivity index (χ4v) is 5.13. The minimum Gasteiger partial charge on any atom is -0.306 e. The summed E-state index contributed by atoms with van der Waals surface area (Å²) in [6.07, 6.45) is 0. The Morgan fingerprint density at radius 1 is 1.09 bits per heavy atom. The molecule has 2 aromatic rings. The number of carbonyl (C=O) groups excluding carboxylic acids is 1. The Balaban J connectivity index is 2.15. The summed E-state index contributed by atoms with van der Waals surface area (Å²) in [5.41, 5.74) is 1.18. The SMILES string of the molecule is CC(C)N1C(=O)CN(S(=O)(=O)c2cccs2)c2ccccc21. The lowest BCUT2D eigenvalue weighted by molar-refractivity contribution is -0.117. The molecule has 0 fully saturated rings. The zero-order chi connectivity index (χ0) is 15.9. The molecule has 0 atom stereocenters. The van der Waals surface area contributed by atoms with Crippen molar-refractivity contribution in [3.8, 4) is 0 Å². The molecule has 1 amide bonds. The summed E-state index contributed by atoms with van der Waals surface area (Å²) in [5.74, 6) is -0.214. The molecule has 1 aliphatic rings. The molecule has 5 nitrogen and oxygen atoms in total. The number of carbonyl (C=O) groups is 1. The summed E-state index contributed by atoms with van der Waals surface area (Å²) in [6, 6.07) is 10.3. The van der Waals surface area contributed by atoms with Gasteiger partial charge in [0.2, 0.25) is 5.91 Å². The molecule has 0 saturated carbocycles. The Morgan fingerprint density at radius 2 is 1.77 bits per heavy atom. The monoisotopic (exact) mass is 336 g/mol. The smallest absolute Gasteiger partial charge is 0.274 e. The molecule has 0 bridgehead atoms. The zero-order valence-electron chi connectivity index (χ0n) is 12.3. The van der Waals surface area contributed by atoms with E-state index in [2.05, 4.69) is 0 Å². The Kier molecular flexibility index (Phi) is 3.70. The molecule has 1 aromatic carbocycles. The first kappa shape index (κ1) is 15.1. The van der Waals surface area contributed by atoms with E-state index >= 15 is 0 Å². The molecule has 116 valence electrons. The molecule has 3 rings (SSSR count). The number of fused-ring (bicyclic) bond motifs is 1. The number of hydrogen-bond donors (Lipinski definition) is 0. The summed E-state index contributed by atoms with van der Waals surface area (Å²) in [7, 11) is -3.71. The standard InChI is InChI=1S/C15H16N2O3S2/c1-11(2)17-13-7-4-3-6-12(13)16(10-14(17)18)22(19,20)15-8-5-9-21-15/h3-9,11H,10H2,1-2H3. The molecule has 0 radical (unpaired) electrons. The van der Waals surface area contributed by atoms with Crippen LogP contribution in [0.25, 0.3) is 0 Å². The van der Waals surface area contributed by atoms with Gasteiger partial charge >= 0.3 is 0 Å². The molecule has 1 aliphatic heterocycles. The van der Waals surface area contributed by atoms with Gasteiger partial charge in [-0.3, -0.25) is 9.10 Å². The number of thiophene rings is 1. The van der Waals surface area contributed by atoms with Crippen molar-refractivity contribution in [1.82, 2.24) is 0 Å². The largest absolute Gasteiger partial charge is 0.306 e. The highest BCUT2D eigenvalue weighted by atomic mass is 32.2. The highest BCUT2D eigenvalue weighted by Crippen LogP contribution is 2.38. The maximum Gasteiger partial charge on any atom is 0.274 e. The molecule has 2 heterocycles. The van der Waals surface area contributed by atoms with Crippen LogP contribution < -0.4 is 9.21 Å². The minimum atomic E-state index is -3.71. The van der Waals surface area contributed by atoms with Crippen molar-refractivity contribution in [2.75, 3.05) is 15.7 Å². The van der Waals surface area contributed by atoms with Crippen LogP contribution >= 0.6 is 11.3 Å². The second-order valence-corrected chi connectivity index (χ2v) is 8.33. The van der Waals surface area contributed by atoms with E-state index in [9.17, 15) is 13.2 Å². The summed E-state index contributed by atoms with van der Waals surface area (Å²) in [4.78, 5) is 14.1. The average molecular weight is 336 g/mol. The van der Waals surface area contributed by atoms with Crippen LogP contribution in [0.3, 0.4) is 0 Å². The number of sulfonamides is 1. The Bertz CT molecular complexity index is 798. The number of rotatable bonds is 3. The van der Waals surface area contributed by atoms with Crippen molar-refractivity contribution in [2.24, 2.45) is 0 Å². The lowest BCUT2D eigenvalue weighted by atomic mass is 10.1. The molecule has 0 unspecified atom stereocenters. The van der Waals surface area contributed by atoms with Crippen molar-refractivity contribution >= 4 is 38.6 Å². The fraction of sp³-hybridized carbons (Fsp3) is 0.267. The van der Waals surface area contributed by atoms with E-state index in [0.29, 0.717) is 11.4 Å². The molecule has 0 aliphatic carbocycles. The lowest BCUT2D eigenvalue weighted by Crippen LogP contribution is -2.50. The molecule has 0 N–H and O–H groups in total. The maximum absolute atomic E-state index is 12.8. The third kappa shape index (κ3) is 2.30. The number of benzene rings is 1. The molecular weight excluding hydrogens is 320 g/mol. The first-order valence-corrected chi connectivity index (χ1v) is 9.22. The van der Waals surface area contributed by atoms with Crippen molar-refractivity contribution < 1.29 is 13.2 Å². The summed E-state index contributed by atoms with van der Waals surface area (Å²) < 4.78 is 27.0. The third-order valence-electron chi connectivity index (χ3n) is 3.51. The molecule has 7 heteroatoms. The molecule has 1 aromatic heterocycles. The van der Waals surface area contributed by atoms with Gasteiger partial charge in [0.05, 0.1) is 11.4 Å². The van der Waals surface area contributed by atoms with Crippen LogP contribution in [0.5, 0.6) is 0 Å². The normalized spacial score (nSPS) is 15.3. The van der Waals surface area contributed by atoms with Gasteiger partial charge in [-0.1, -0.05) is 18.2 Å². The van der Waals surface area contributed by atoms with Crippen LogP contribution in [-0.2, 0) is 14.8 Å². The Hall–Kier alpha value is -1.86. The van der Waals surface area contributed by atoms with Gasteiger partial charge in [0.1, 0.15) is 10.8 Å². The van der Waals surface area contributed by atoms with Crippen LogP contribution in [0.4, 0.5) is 11.4 Å². The van der Waals surface area contributed by atoms with E-state index in [1.165, 1.54) is 4.31 Å². The number of hydrogen-bond acceptors (Lipinski definition) is 4. The Labute approximate surface area is 133 Å². The van der Waals surface area contributed by atoms with E-state index in [1.807, 2.05) is 19.9 Å². The zero-order valence-corrected chi connectivity index (χ0v) is 13.9. The van der Waals surface area contributed by atoms with Crippen molar-refractivity contribution in [2.45, 2.75) is 24.1 Å². The van der Waals surface area contributed by atoms with Crippen molar-refractivity contribution in [3.05, 3.63) is 41.8 Å². The maximum atomic E-state index is 12.8. The van der Waals surface area contributed by atoms with E-state index in [-0.39, 0.29) is 22.7 Å². The first-order valence-electron chi connectivity index (χ1n) is 6.90. The molecular formula is C15H16N2O3S2. The quantitative estimate of drug-likeness (QED) is 0.866. The van der Waals surface area contributed by atoms with E-state index in [4.69, 9.17) is 0 Å². The van der Waals surface area contributed by atoms with Gasteiger partial charge in [0.25, 0.3) is 10.0 Å². The van der Waals surface area contributed by atoms with Crippen LogP contribution in [0.15, 0.2) is 46.0 Å². The van der Waals surface area contributed by atoms with Gasteiger partial charge in [-0.2, -0.15) is 0 Å². The van der Waals surface area contributed by atoms with Gasteiger partial charge in [-0.15, -0.1) is 11.3 Å². The highest BCUT2D eigenvalue weighted by Gasteiger charge is 2.37. The summed E-state index contributed by atoms with van der Waals surface area (Å²) in [6.45, 7) is 3.66. The summed E-state index contributed by atoms with van der Waals surface area (Å²) in [5, 5.41) is 1.71. The van der Waals surface area contributed by atoms with Gasteiger partial charge in [-0.25, -0.2) is 8.42 Å². The van der Waals surface area contributed by atoms with Crippen LogP contribution in [-0.4, -0.2) is 26.9 Å². The van der Waals surface area contributed by atoms with Gasteiger partial charge in [0.15, 0.2) is 0 Å². The number of para-hydroxylation sites is 2. The molecule has 0 spiro atoms. The lowest BCUT2D eigenvalue weighted by Gasteiger charge is -2.38. The second-order valence-electron chi connectivity index (χ2n) is 5.29. The van der Waals surface area contributed by atoms with E-state index < -0.39 is 10.0 Å². The predicted octanol–water partition coefficient (Wildman–Crippen LogP) is 2.70. The second kappa shape index (κ2) is 5.40. The highest BCUT2D eigenvalue weighted by molar-refractivity contribution is 7.94. The number of amides is 1. The summed E-state index contributed by atoms with van der Waals surface area (Å²) >= 11 is 1.15. The number of nitrogens with zero attached hydrogens (tertiary/aromatic N) is 2.